The Labute approximate surface area is 116 Å². The van der Waals surface area contributed by atoms with Crippen molar-refractivity contribution in [2.24, 2.45) is 13.0 Å². The molecule has 0 aliphatic carbocycles. The van der Waals surface area contributed by atoms with Crippen molar-refractivity contribution in [2.75, 3.05) is 20.7 Å². The molecule has 0 fully saturated rings. The number of nitrogens with zero attached hydrogens (tertiary/aromatic N) is 3. The lowest BCUT2D eigenvalue weighted by molar-refractivity contribution is -0.145. The van der Waals surface area contributed by atoms with Gasteiger partial charge < -0.3 is 4.74 Å². The van der Waals surface area contributed by atoms with Gasteiger partial charge in [0.1, 0.15) is 0 Å². The predicted octanol–water partition coefficient (Wildman–Crippen LogP) is 1.73. The van der Waals surface area contributed by atoms with Crippen LogP contribution >= 0.6 is 15.9 Å². The molecule has 0 bridgehead atoms. The van der Waals surface area contributed by atoms with E-state index in [9.17, 15) is 4.79 Å². The second-order valence-electron chi connectivity index (χ2n) is 4.59. The van der Waals surface area contributed by atoms with E-state index in [1.807, 2.05) is 32.6 Å². The number of carbonyl (C=O) groups is 1. The topological polar surface area (TPSA) is 47.4 Å². The minimum absolute atomic E-state index is 0.131. The van der Waals surface area contributed by atoms with Crippen molar-refractivity contribution in [1.82, 2.24) is 14.7 Å². The zero-order chi connectivity index (χ0) is 13.9. The molecule has 6 heteroatoms. The molecule has 18 heavy (non-hydrogen) atoms. The summed E-state index contributed by atoms with van der Waals surface area (Å²) in [5.74, 6) is -0.310. The quantitative estimate of drug-likeness (QED) is 0.776. The molecule has 1 aromatic rings. The summed E-state index contributed by atoms with van der Waals surface area (Å²) >= 11 is 3.54. The number of ether oxygens (including phenoxy) is 1. The van der Waals surface area contributed by atoms with Crippen molar-refractivity contribution >= 4 is 21.9 Å². The normalized spacial score (nSPS) is 12.8. The maximum Gasteiger partial charge on any atom is 0.309 e. The molecule has 0 amide bonds. The van der Waals surface area contributed by atoms with E-state index in [-0.39, 0.29) is 11.9 Å². The largest absolute Gasteiger partial charge is 0.469 e. The first-order valence-electron chi connectivity index (χ1n) is 5.81. The highest BCUT2D eigenvalue weighted by Crippen LogP contribution is 2.21. The third kappa shape index (κ3) is 3.55. The van der Waals surface area contributed by atoms with E-state index in [4.69, 9.17) is 4.74 Å². The van der Waals surface area contributed by atoms with Crippen LogP contribution < -0.4 is 0 Å². The number of methoxy groups -OCH3 is 1. The highest BCUT2D eigenvalue weighted by atomic mass is 79.9. The van der Waals surface area contributed by atoms with Gasteiger partial charge in [-0.1, -0.05) is 6.92 Å². The number of esters is 1. The standard InChI is InChI=1S/C12H20BrN3O2/c1-8(12(17)18-5)6-15(3)7-10-11(13)9(2)14-16(10)4/h8H,6-7H2,1-5H3. The van der Waals surface area contributed by atoms with Crippen LogP contribution in [0.2, 0.25) is 0 Å². The first-order chi connectivity index (χ1) is 8.36. The molecule has 0 aromatic carbocycles. The third-order valence-corrected chi connectivity index (χ3v) is 3.90. The van der Waals surface area contributed by atoms with Crippen LogP contribution in [-0.4, -0.2) is 41.4 Å². The van der Waals surface area contributed by atoms with Crippen LogP contribution in [0.5, 0.6) is 0 Å². The number of hydrogen-bond donors (Lipinski definition) is 0. The molecule has 0 aliphatic rings. The first-order valence-corrected chi connectivity index (χ1v) is 6.60. The SMILES string of the molecule is COC(=O)C(C)CN(C)Cc1c(Br)c(C)nn1C. The third-order valence-electron chi connectivity index (χ3n) is 2.87. The number of rotatable bonds is 5. The van der Waals surface area contributed by atoms with Gasteiger partial charge in [-0.2, -0.15) is 5.10 Å². The Kier molecular flexibility index (Phi) is 5.34. The zero-order valence-corrected chi connectivity index (χ0v) is 13.1. The molecule has 0 spiro atoms. The van der Waals surface area contributed by atoms with Crippen molar-refractivity contribution in [3.8, 4) is 0 Å². The molecule has 0 saturated heterocycles. The average Bonchev–Trinajstić information content (AvgIpc) is 2.54. The zero-order valence-electron chi connectivity index (χ0n) is 11.5. The summed E-state index contributed by atoms with van der Waals surface area (Å²) in [6, 6.07) is 0. The highest BCUT2D eigenvalue weighted by Gasteiger charge is 2.18. The Morgan fingerprint density at radius 3 is 2.67 bits per heavy atom. The molecule has 1 atom stereocenters. The van der Waals surface area contributed by atoms with Crippen molar-refractivity contribution in [2.45, 2.75) is 20.4 Å². The monoisotopic (exact) mass is 317 g/mol. The Bertz CT molecular complexity index is 431. The van der Waals surface area contributed by atoms with Gasteiger partial charge in [-0.05, 0) is 29.9 Å². The smallest absolute Gasteiger partial charge is 0.309 e. The Balaban J connectivity index is 2.65. The van der Waals surface area contributed by atoms with Crippen molar-refractivity contribution < 1.29 is 9.53 Å². The van der Waals surface area contributed by atoms with Crippen LogP contribution in [0.15, 0.2) is 4.47 Å². The van der Waals surface area contributed by atoms with E-state index >= 15 is 0 Å². The van der Waals surface area contributed by atoms with Gasteiger partial charge >= 0.3 is 5.97 Å². The maximum absolute atomic E-state index is 11.4. The summed E-state index contributed by atoms with van der Waals surface area (Å²) in [5.41, 5.74) is 2.08. The van der Waals surface area contributed by atoms with E-state index < -0.39 is 0 Å². The number of hydrogen-bond acceptors (Lipinski definition) is 4. The van der Waals surface area contributed by atoms with E-state index in [0.29, 0.717) is 6.54 Å². The molecule has 0 saturated carbocycles. The van der Waals surface area contributed by atoms with Crippen LogP contribution in [0.3, 0.4) is 0 Å². The van der Waals surface area contributed by atoms with Crippen molar-refractivity contribution in [3.05, 3.63) is 15.9 Å². The molecule has 1 rings (SSSR count). The lowest BCUT2D eigenvalue weighted by Crippen LogP contribution is -2.29. The van der Waals surface area contributed by atoms with Gasteiger partial charge in [0.05, 0.1) is 28.9 Å². The second-order valence-corrected chi connectivity index (χ2v) is 5.38. The molecular weight excluding hydrogens is 298 g/mol. The fourth-order valence-electron chi connectivity index (χ4n) is 1.92. The minimum atomic E-state index is -0.179. The molecule has 1 aromatic heterocycles. The van der Waals surface area contributed by atoms with E-state index in [2.05, 4.69) is 25.9 Å². The molecule has 0 N–H and O–H groups in total. The summed E-state index contributed by atoms with van der Waals surface area (Å²) in [5, 5.41) is 4.35. The molecule has 1 heterocycles. The van der Waals surface area contributed by atoms with Crippen LogP contribution in [0, 0.1) is 12.8 Å². The lowest BCUT2D eigenvalue weighted by atomic mass is 10.1. The number of halogens is 1. The second kappa shape index (κ2) is 6.33. The van der Waals surface area contributed by atoms with E-state index in [1.165, 1.54) is 7.11 Å². The minimum Gasteiger partial charge on any atom is -0.469 e. The van der Waals surface area contributed by atoms with Gasteiger partial charge in [-0.25, -0.2) is 0 Å². The van der Waals surface area contributed by atoms with Gasteiger partial charge in [-0.15, -0.1) is 0 Å². The fraction of sp³-hybridized carbons (Fsp3) is 0.667. The molecule has 0 radical (unpaired) electrons. The molecule has 0 aliphatic heterocycles. The van der Waals surface area contributed by atoms with Gasteiger partial charge in [-0.3, -0.25) is 14.4 Å². The highest BCUT2D eigenvalue weighted by molar-refractivity contribution is 9.10. The summed E-state index contributed by atoms with van der Waals surface area (Å²) < 4.78 is 7.61. The summed E-state index contributed by atoms with van der Waals surface area (Å²) in [7, 11) is 5.32. The van der Waals surface area contributed by atoms with Gasteiger partial charge in [0.25, 0.3) is 0 Å². The van der Waals surface area contributed by atoms with Crippen LogP contribution in [0.25, 0.3) is 0 Å². The van der Waals surface area contributed by atoms with Gasteiger partial charge in [0.2, 0.25) is 0 Å². The van der Waals surface area contributed by atoms with E-state index in [1.54, 1.807) is 0 Å². The van der Waals surface area contributed by atoms with Gasteiger partial charge in [0.15, 0.2) is 0 Å². The summed E-state index contributed by atoms with van der Waals surface area (Å²) in [6.07, 6.45) is 0. The maximum atomic E-state index is 11.4. The molecular formula is C12H20BrN3O2. The molecule has 5 nitrogen and oxygen atoms in total. The summed E-state index contributed by atoms with van der Waals surface area (Å²) in [4.78, 5) is 13.4. The Morgan fingerprint density at radius 2 is 2.22 bits per heavy atom. The van der Waals surface area contributed by atoms with Crippen molar-refractivity contribution in [1.29, 1.82) is 0 Å². The average molecular weight is 318 g/mol. The lowest BCUT2D eigenvalue weighted by Gasteiger charge is -2.20. The van der Waals surface area contributed by atoms with Crippen molar-refractivity contribution in [3.63, 3.8) is 0 Å². The van der Waals surface area contributed by atoms with Crippen LogP contribution in [0.1, 0.15) is 18.3 Å². The Morgan fingerprint density at radius 1 is 1.61 bits per heavy atom. The number of aromatic nitrogens is 2. The number of aryl methyl sites for hydroxylation is 2. The molecule has 102 valence electrons. The molecule has 1 unspecified atom stereocenters. The van der Waals surface area contributed by atoms with E-state index in [0.717, 1.165) is 22.4 Å². The summed E-state index contributed by atoms with van der Waals surface area (Å²) in [6.45, 7) is 5.22. The fourth-order valence-corrected chi connectivity index (χ4v) is 2.38. The van der Waals surface area contributed by atoms with Crippen LogP contribution in [0.4, 0.5) is 0 Å². The number of carbonyl (C=O) groups excluding carboxylic acids is 1. The first kappa shape index (κ1) is 15.2. The Hall–Kier alpha value is -0.880. The predicted molar refractivity (Wildman–Crippen MR) is 73.2 cm³/mol. The van der Waals surface area contributed by atoms with Crippen LogP contribution in [-0.2, 0) is 23.1 Å². The van der Waals surface area contributed by atoms with Gasteiger partial charge in [0, 0.05) is 20.1 Å².